The molecule has 0 aliphatic rings. The van der Waals surface area contributed by atoms with E-state index < -0.39 is 6.04 Å². The summed E-state index contributed by atoms with van der Waals surface area (Å²) in [6, 6.07) is 3.99. The monoisotopic (exact) mass is 269 g/mol. The van der Waals surface area contributed by atoms with E-state index in [0.29, 0.717) is 10.0 Å². The van der Waals surface area contributed by atoms with Gasteiger partial charge in [-0.3, -0.25) is 0 Å². The molecule has 0 aromatic heterocycles. The molecule has 1 aromatic carbocycles. The number of aliphatic hydroxyl groups is 1. The van der Waals surface area contributed by atoms with E-state index in [1.54, 1.807) is 12.1 Å². The van der Waals surface area contributed by atoms with Gasteiger partial charge >= 0.3 is 0 Å². The predicted molar refractivity (Wildman–Crippen MR) is 55.4 cm³/mol. The van der Waals surface area contributed by atoms with Crippen LogP contribution in [0.25, 0.3) is 0 Å². The summed E-state index contributed by atoms with van der Waals surface area (Å²) in [7, 11) is 0. The fraction of sp³-hybridized carbons (Fsp3) is 0.250. The molecule has 0 heterocycles. The molecule has 0 radical (unpaired) electrons. The van der Waals surface area contributed by atoms with E-state index in [4.69, 9.17) is 10.8 Å². The summed E-state index contributed by atoms with van der Waals surface area (Å²) in [5.74, 6) is -0.330. The highest BCUT2D eigenvalue weighted by atomic mass is 79.9. The number of benzene rings is 1. The molecule has 0 aliphatic heterocycles. The summed E-state index contributed by atoms with van der Waals surface area (Å²) in [5, 5.41) is 8.71. The SMILES string of the molecule is Cl.N[C@H](CO)c1ccc(F)c(Br)c1. The standard InChI is InChI=1S/C8H9BrFNO.ClH/c9-6-3-5(8(11)4-12)1-2-7(6)10;/h1-3,8,12H,4,11H2;1H/t8-;/m1./s1. The van der Waals surface area contributed by atoms with Gasteiger partial charge in [-0.15, -0.1) is 12.4 Å². The normalized spacial score (nSPS) is 12.0. The summed E-state index contributed by atoms with van der Waals surface area (Å²) in [4.78, 5) is 0. The molecule has 0 spiro atoms. The van der Waals surface area contributed by atoms with Gasteiger partial charge in [0.05, 0.1) is 17.1 Å². The van der Waals surface area contributed by atoms with Gasteiger partial charge in [0.15, 0.2) is 0 Å². The predicted octanol–water partition coefficient (Wildman–Crippen LogP) is 2.00. The van der Waals surface area contributed by atoms with E-state index in [2.05, 4.69) is 15.9 Å². The average molecular weight is 271 g/mol. The van der Waals surface area contributed by atoms with Crippen LogP contribution in [0.2, 0.25) is 0 Å². The molecule has 0 amide bonds. The van der Waals surface area contributed by atoms with Gasteiger partial charge in [-0.25, -0.2) is 4.39 Å². The number of hydrogen-bond acceptors (Lipinski definition) is 2. The lowest BCUT2D eigenvalue weighted by molar-refractivity contribution is 0.268. The quantitative estimate of drug-likeness (QED) is 0.863. The van der Waals surface area contributed by atoms with Gasteiger partial charge in [0.1, 0.15) is 5.82 Å². The van der Waals surface area contributed by atoms with Crippen molar-refractivity contribution < 1.29 is 9.50 Å². The van der Waals surface area contributed by atoms with Crippen molar-refractivity contribution in [2.24, 2.45) is 5.73 Å². The second-order valence-electron chi connectivity index (χ2n) is 2.46. The van der Waals surface area contributed by atoms with Crippen LogP contribution in [-0.2, 0) is 0 Å². The molecule has 3 N–H and O–H groups in total. The van der Waals surface area contributed by atoms with Crippen molar-refractivity contribution in [3.8, 4) is 0 Å². The number of nitrogens with two attached hydrogens (primary N) is 1. The molecule has 0 saturated carbocycles. The lowest BCUT2D eigenvalue weighted by Gasteiger charge is -2.08. The molecule has 1 atom stereocenters. The van der Waals surface area contributed by atoms with Gasteiger partial charge in [-0.1, -0.05) is 6.07 Å². The minimum atomic E-state index is -0.443. The van der Waals surface area contributed by atoms with E-state index >= 15 is 0 Å². The van der Waals surface area contributed by atoms with Crippen LogP contribution in [0.15, 0.2) is 22.7 Å². The Labute approximate surface area is 90.5 Å². The fourth-order valence-electron chi connectivity index (χ4n) is 0.848. The Morgan fingerprint density at radius 1 is 1.54 bits per heavy atom. The van der Waals surface area contributed by atoms with Gasteiger partial charge in [-0.2, -0.15) is 0 Å². The lowest BCUT2D eigenvalue weighted by Crippen LogP contribution is -2.14. The highest BCUT2D eigenvalue weighted by Crippen LogP contribution is 2.19. The molecule has 0 aliphatic carbocycles. The van der Waals surface area contributed by atoms with Crippen LogP contribution >= 0.6 is 28.3 Å². The summed E-state index contributed by atoms with van der Waals surface area (Å²) >= 11 is 3.03. The summed E-state index contributed by atoms with van der Waals surface area (Å²) in [6.45, 7) is -0.141. The Morgan fingerprint density at radius 2 is 2.15 bits per heavy atom. The Bertz CT molecular complexity index is 285. The van der Waals surface area contributed by atoms with Crippen LogP contribution in [0, 0.1) is 5.82 Å². The molecule has 2 nitrogen and oxygen atoms in total. The van der Waals surface area contributed by atoms with Crippen LogP contribution in [0.3, 0.4) is 0 Å². The molecule has 0 unspecified atom stereocenters. The Kier molecular flexibility index (Phi) is 5.48. The van der Waals surface area contributed by atoms with Crippen molar-refractivity contribution in [1.29, 1.82) is 0 Å². The minimum absolute atomic E-state index is 0. The number of hydrogen-bond donors (Lipinski definition) is 2. The Balaban J connectivity index is 0.00000144. The number of halogens is 3. The maximum atomic E-state index is 12.7. The zero-order valence-electron chi connectivity index (χ0n) is 6.71. The maximum Gasteiger partial charge on any atom is 0.137 e. The first-order valence-electron chi connectivity index (χ1n) is 3.46. The zero-order valence-corrected chi connectivity index (χ0v) is 9.11. The molecule has 0 saturated heterocycles. The molecule has 0 bridgehead atoms. The second-order valence-corrected chi connectivity index (χ2v) is 3.32. The number of rotatable bonds is 2. The minimum Gasteiger partial charge on any atom is -0.394 e. The van der Waals surface area contributed by atoms with Gasteiger partial charge in [0.2, 0.25) is 0 Å². The molecule has 1 rings (SSSR count). The molecule has 0 fully saturated rings. The Morgan fingerprint density at radius 3 is 2.62 bits per heavy atom. The van der Waals surface area contributed by atoms with Crippen molar-refractivity contribution in [3.63, 3.8) is 0 Å². The first-order chi connectivity index (χ1) is 5.65. The van der Waals surface area contributed by atoms with Crippen LogP contribution in [0.1, 0.15) is 11.6 Å². The summed E-state index contributed by atoms with van der Waals surface area (Å²) < 4.78 is 13.1. The molecule has 13 heavy (non-hydrogen) atoms. The van der Waals surface area contributed by atoms with E-state index in [-0.39, 0.29) is 24.8 Å². The van der Waals surface area contributed by atoms with Crippen molar-refractivity contribution >= 4 is 28.3 Å². The van der Waals surface area contributed by atoms with Crippen molar-refractivity contribution in [3.05, 3.63) is 34.1 Å². The van der Waals surface area contributed by atoms with Crippen LogP contribution in [0.5, 0.6) is 0 Å². The second kappa shape index (κ2) is 5.54. The first kappa shape index (κ1) is 12.8. The smallest absolute Gasteiger partial charge is 0.137 e. The van der Waals surface area contributed by atoms with Crippen molar-refractivity contribution in [1.82, 2.24) is 0 Å². The third-order valence-corrected chi connectivity index (χ3v) is 2.18. The Hall–Kier alpha value is -0.160. The topological polar surface area (TPSA) is 46.2 Å². The molecule has 1 aromatic rings. The van der Waals surface area contributed by atoms with Gasteiger partial charge in [-0.05, 0) is 33.6 Å². The third-order valence-electron chi connectivity index (χ3n) is 1.57. The molecule has 74 valence electrons. The molecular formula is C8H10BrClFNO. The summed E-state index contributed by atoms with van der Waals surface area (Å²) in [5.41, 5.74) is 6.23. The van der Waals surface area contributed by atoms with Crippen molar-refractivity contribution in [2.45, 2.75) is 6.04 Å². The van der Waals surface area contributed by atoms with E-state index in [0.717, 1.165) is 0 Å². The largest absolute Gasteiger partial charge is 0.394 e. The van der Waals surface area contributed by atoms with E-state index in [1.165, 1.54) is 6.07 Å². The molecular weight excluding hydrogens is 260 g/mol. The zero-order chi connectivity index (χ0) is 9.14. The first-order valence-corrected chi connectivity index (χ1v) is 4.26. The van der Waals surface area contributed by atoms with Gasteiger partial charge in [0, 0.05) is 0 Å². The van der Waals surface area contributed by atoms with Crippen LogP contribution in [0.4, 0.5) is 4.39 Å². The fourth-order valence-corrected chi connectivity index (χ4v) is 1.24. The molecule has 5 heteroatoms. The summed E-state index contributed by atoms with van der Waals surface area (Å²) in [6.07, 6.45) is 0. The van der Waals surface area contributed by atoms with Gasteiger partial charge < -0.3 is 10.8 Å². The van der Waals surface area contributed by atoms with Crippen LogP contribution in [-0.4, -0.2) is 11.7 Å². The third kappa shape index (κ3) is 3.23. The average Bonchev–Trinajstić information content (AvgIpc) is 2.08. The van der Waals surface area contributed by atoms with Crippen LogP contribution < -0.4 is 5.73 Å². The lowest BCUT2D eigenvalue weighted by atomic mass is 10.1. The van der Waals surface area contributed by atoms with Crippen molar-refractivity contribution in [2.75, 3.05) is 6.61 Å². The van der Waals surface area contributed by atoms with Gasteiger partial charge in [0.25, 0.3) is 0 Å². The number of aliphatic hydroxyl groups excluding tert-OH is 1. The highest BCUT2D eigenvalue weighted by Gasteiger charge is 2.06. The van der Waals surface area contributed by atoms with E-state index in [9.17, 15) is 4.39 Å². The maximum absolute atomic E-state index is 12.7. The highest BCUT2D eigenvalue weighted by molar-refractivity contribution is 9.10. The van der Waals surface area contributed by atoms with E-state index in [1.807, 2.05) is 0 Å².